The van der Waals surface area contributed by atoms with Gasteiger partial charge in [0.15, 0.2) is 0 Å². The van der Waals surface area contributed by atoms with E-state index >= 15 is 0 Å². The molecule has 0 saturated carbocycles. The van der Waals surface area contributed by atoms with Gasteiger partial charge in [-0.2, -0.15) is 0 Å². The van der Waals surface area contributed by atoms with E-state index in [1.807, 2.05) is 0 Å². The van der Waals surface area contributed by atoms with E-state index in [4.69, 9.17) is 4.74 Å². The third kappa shape index (κ3) is 2.80. The highest BCUT2D eigenvalue weighted by Gasteiger charge is 2.21. The number of hydrogen-bond donors (Lipinski definition) is 0. The molecule has 82 valence electrons. The first-order valence-corrected chi connectivity index (χ1v) is 5.58. The molecule has 1 aromatic carbocycles. The van der Waals surface area contributed by atoms with Crippen LogP contribution in [0.2, 0.25) is 0 Å². The molecule has 0 spiro atoms. The van der Waals surface area contributed by atoms with Crippen LogP contribution in [0.15, 0.2) is 24.3 Å². The molecule has 0 aliphatic carbocycles. The largest absolute Gasteiger partial charge is 0.380 e. The van der Waals surface area contributed by atoms with Crippen LogP contribution in [0.5, 0.6) is 0 Å². The van der Waals surface area contributed by atoms with Gasteiger partial charge in [-0.25, -0.2) is 0 Å². The van der Waals surface area contributed by atoms with Crippen molar-refractivity contribution in [3.8, 4) is 0 Å². The Bertz CT molecular complexity index is 307. The number of ether oxygens (including phenoxy) is 1. The fraction of sp³-hybridized carbons (Fsp3) is 0.538. The quantitative estimate of drug-likeness (QED) is 0.750. The van der Waals surface area contributed by atoms with Crippen molar-refractivity contribution in [1.82, 2.24) is 4.90 Å². The van der Waals surface area contributed by atoms with Crippen LogP contribution in [0, 0.1) is 6.92 Å². The molecule has 2 rings (SSSR count). The summed E-state index contributed by atoms with van der Waals surface area (Å²) in [5, 5.41) is 0. The van der Waals surface area contributed by atoms with Gasteiger partial charge in [0.1, 0.15) is 0 Å². The van der Waals surface area contributed by atoms with Crippen molar-refractivity contribution in [2.24, 2.45) is 0 Å². The molecule has 0 N–H and O–H groups in total. The molecule has 0 bridgehead atoms. The average molecular weight is 205 g/mol. The van der Waals surface area contributed by atoms with Crippen molar-refractivity contribution >= 4 is 0 Å². The van der Waals surface area contributed by atoms with Crippen molar-refractivity contribution in [3.63, 3.8) is 0 Å². The Labute approximate surface area is 91.9 Å². The van der Waals surface area contributed by atoms with Gasteiger partial charge in [0.05, 0.1) is 6.10 Å². The summed E-state index contributed by atoms with van der Waals surface area (Å²) in [6.45, 7) is 5.41. The second kappa shape index (κ2) is 4.77. The van der Waals surface area contributed by atoms with Gasteiger partial charge in [0, 0.05) is 26.7 Å². The second-order valence-corrected chi connectivity index (χ2v) is 4.37. The van der Waals surface area contributed by atoms with Crippen molar-refractivity contribution < 1.29 is 4.74 Å². The molecule has 0 amide bonds. The summed E-state index contributed by atoms with van der Waals surface area (Å²) in [5.74, 6) is 0. The van der Waals surface area contributed by atoms with E-state index < -0.39 is 0 Å². The summed E-state index contributed by atoms with van der Waals surface area (Å²) >= 11 is 0. The van der Waals surface area contributed by atoms with Crippen LogP contribution >= 0.6 is 0 Å². The highest BCUT2D eigenvalue weighted by molar-refractivity contribution is 5.21. The number of nitrogens with zero attached hydrogens (tertiary/aromatic N) is 1. The Balaban J connectivity index is 1.90. The van der Waals surface area contributed by atoms with Crippen molar-refractivity contribution in [1.29, 1.82) is 0 Å². The molecule has 2 heteroatoms. The van der Waals surface area contributed by atoms with Crippen LogP contribution in [0.4, 0.5) is 0 Å². The minimum absolute atomic E-state index is 0.440. The molecule has 1 aromatic rings. The van der Waals surface area contributed by atoms with E-state index in [-0.39, 0.29) is 0 Å². The van der Waals surface area contributed by atoms with Crippen molar-refractivity contribution in [3.05, 3.63) is 35.4 Å². The van der Waals surface area contributed by atoms with E-state index in [0.29, 0.717) is 6.10 Å². The van der Waals surface area contributed by atoms with Gasteiger partial charge in [-0.05, 0) is 18.9 Å². The lowest BCUT2D eigenvalue weighted by Crippen LogP contribution is -2.22. The fourth-order valence-electron chi connectivity index (χ4n) is 2.08. The van der Waals surface area contributed by atoms with E-state index in [0.717, 1.165) is 19.6 Å². The highest BCUT2D eigenvalue weighted by atomic mass is 16.5. The lowest BCUT2D eigenvalue weighted by molar-refractivity contribution is 0.107. The van der Waals surface area contributed by atoms with Crippen molar-refractivity contribution in [2.45, 2.75) is 26.0 Å². The van der Waals surface area contributed by atoms with Gasteiger partial charge in [-0.15, -0.1) is 0 Å². The Morgan fingerprint density at radius 2 is 2.07 bits per heavy atom. The van der Waals surface area contributed by atoms with E-state index in [9.17, 15) is 0 Å². The minimum atomic E-state index is 0.440. The number of likely N-dealkylation sites (tertiary alicyclic amines) is 1. The predicted molar refractivity (Wildman–Crippen MR) is 61.9 cm³/mol. The molecule has 15 heavy (non-hydrogen) atoms. The number of benzene rings is 1. The molecule has 0 aromatic heterocycles. The molecular formula is C13H19NO. The number of methoxy groups -OCH3 is 1. The molecule has 1 fully saturated rings. The van der Waals surface area contributed by atoms with Gasteiger partial charge in [0.25, 0.3) is 0 Å². The third-order valence-corrected chi connectivity index (χ3v) is 3.09. The number of rotatable bonds is 3. The van der Waals surface area contributed by atoms with Gasteiger partial charge in [-0.3, -0.25) is 4.90 Å². The number of hydrogen-bond acceptors (Lipinski definition) is 2. The lowest BCUT2D eigenvalue weighted by Gasteiger charge is -2.15. The Hall–Kier alpha value is -0.860. The van der Waals surface area contributed by atoms with Crippen LogP contribution in [0.1, 0.15) is 17.5 Å². The smallest absolute Gasteiger partial charge is 0.0710 e. The molecule has 0 radical (unpaired) electrons. The molecule has 1 aliphatic rings. The molecule has 2 nitrogen and oxygen atoms in total. The van der Waals surface area contributed by atoms with Crippen LogP contribution < -0.4 is 0 Å². The van der Waals surface area contributed by atoms with Crippen molar-refractivity contribution in [2.75, 3.05) is 20.2 Å². The fourth-order valence-corrected chi connectivity index (χ4v) is 2.08. The van der Waals surface area contributed by atoms with E-state index in [1.54, 1.807) is 7.11 Å². The topological polar surface area (TPSA) is 12.5 Å². The predicted octanol–water partition coefficient (Wildman–Crippen LogP) is 2.22. The number of aryl methyl sites for hydroxylation is 1. The zero-order chi connectivity index (χ0) is 10.7. The molecule has 1 heterocycles. The minimum Gasteiger partial charge on any atom is -0.380 e. The van der Waals surface area contributed by atoms with Gasteiger partial charge in [0.2, 0.25) is 0 Å². The highest BCUT2D eigenvalue weighted by Crippen LogP contribution is 2.15. The van der Waals surface area contributed by atoms with E-state index in [1.165, 1.54) is 17.5 Å². The first-order valence-electron chi connectivity index (χ1n) is 5.58. The summed E-state index contributed by atoms with van der Waals surface area (Å²) in [7, 11) is 1.81. The summed E-state index contributed by atoms with van der Waals surface area (Å²) in [6.07, 6.45) is 1.61. The SMILES string of the molecule is COC1CCN(Cc2ccc(C)cc2)C1. The molecular weight excluding hydrogens is 186 g/mol. The molecule has 1 saturated heterocycles. The maximum Gasteiger partial charge on any atom is 0.0710 e. The summed E-state index contributed by atoms with van der Waals surface area (Å²) < 4.78 is 5.36. The lowest BCUT2D eigenvalue weighted by atomic mass is 10.1. The first kappa shape index (κ1) is 10.7. The van der Waals surface area contributed by atoms with Gasteiger partial charge in [-0.1, -0.05) is 29.8 Å². The van der Waals surface area contributed by atoms with Crippen LogP contribution in [-0.2, 0) is 11.3 Å². The van der Waals surface area contributed by atoms with Crippen LogP contribution in [0.3, 0.4) is 0 Å². The Kier molecular flexibility index (Phi) is 3.39. The third-order valence-electron chi connectivity index (χ3n) is 3.09. The summed E-state index contributed by atoms with van der Waals surface area (Å²) in [6, 6.07) is 8.79. The summed E-state index contributed by atoms with van der Waals surface area (Å²) in [5.41, 5.74) is 2.73. The van der Waals surface area contributed by atoms with Gasteiger partial charge >= 0.3 is 0 Å². The standard InChI is InChI=1S/C13H19NO/c1-11-3-5-12(6-4-11)9-14-8-7-13(10-14)15-2/h3-6,13H,7-10H2,1-2H3. The molecule has 1 aliphatic heterocycles. The van der Waals surface area contributed by atoms with E-state index in [2.05, 4.69) is 36.1 Å². The zero-order valence-electron chi connectivity index (χ0n) is 9.57. The van der Waals surface area contributed by atoms with Crippen LogP contribution in [0.25, 0.3) is 0 Å². The normalized spacial score (nSPS) is 22.1. The van der Waals surface area contributed by atoms with Crippen LogP contribution in [-0.4, -0.2) is 31.2 Å². The maximum absolute atomic E-state index is 5.36. The molecule has 1 atom stereocenters. The molecule has 1 unspecified atom stereocenters. The average Bonchev–Trinajstić information content (AvgIpc) is 2.69. The Morgan fingerprint density at radius 3 is 2.67 bits per heavy atom. The first-order chi connectivity index (χ1) is 7.28. The monoisotopic (exact) mass is 205 g/mol. The Morgan fingerprint density at radius 1 is 1.33 bits per heavy atom. The second-order valence-electron chi connectivity index (χ2n) is 4.37. The zero-order valence-corrected chi connectivity index (χ0v) is 9.57. The maximum atomic E-state index is 5.36. The summed E-state index contributed by atoms with van der Waals surface area (Å²) in [4.78, 5) is 2.46. The van der Waals surface area contributed by atoms with Gasteiger partial charge < -0.3 is 4.74 Å².